The lowest BCUT2D eigenvalue weighted by molar-refractivity contribution is -0.117. The monoisotopic (exact) mass is 484 g/mol. The molecular formula is C23H24N4O6S. The van der Waals surface area contributed by atoms with Crippen molar-refractivity contribution in [2.45, 2.75) is 12.3 Å². The zero-order chi connectivity index (χ0) is 24.2. The number of rotatable bonds is 8. The van der Waals surface area contributed by atoms with Gasteiger partial charge < -0.3 is 23.8 Å². The molecule has 3 aromatic rings. The Morgan fingerprint density at radius 3 is 2.26 bits per heavy atom. The number of nitrogens with one attached hydrogen (secondary N) is 1. The second kappa shape index (κ2) is 9.96. The molecule has 4 rings (SSSR count). The molecule has 0 unspecified atom stereocenters. The summed E-state index contributed by atoms with van der Waals surface area (Å²) in [6.45, 7) is 0.487. The van der Waals surface area contributed by atoms with Crippen LogP contribution in [-0.4, -0.2) is 57.0 Å². The molecule has 11 heteroatoms. The first kappa shape index (κ1) is 23.3. The van der Waals surface area contributed by atoms with Crippen molar-refractivity contribution in [2.24, 2.45) is 0 Å². The second-order valence-electron chi connectivity index (χ2n) is 7.42. The van der Waals surface area contributed by atoms with Gasteiger partial charge in [-0.15, -0.1) is 10.2 Å². The van der Waals surface area contributed by atoms with Gasteiger partial charge in [0.25, 0.3) is 5.91 Å². The van der Waals surface area contributed by atoms with Crippen LogP contribution in [0.4, 0.5) is 10.8 Å². The van der Waals surface area contributed by atoms with Crippen LogP contribution in [0.25, 0.3) is 0 Å². The topological polar surface area (TPSA) is 112 Å². The highest BCUT2D eigenvalue weighted by Gasteiger charge is 2.34. The average Bonchev–Trinajstić information content (AvgIpc) is 3.49. The minimum absolute atomic E-state index is 0.00775. The smallest absolute Gasteiger partial charge is 0.257 e. The molecular weight excluding hydrogens is 460 g/mol. The molecule has 1 N–H and O–H groups in total. The lowest BCUT2D eigenvalue weighted by Gasteiger charge is -2.16. The molecule has 1 fully saturated rings. The number of aromatic nitrogens is 2. The first-order valence-corrected chi connectivity index (χ1v) is 11.2. The molecule has 0 bridgehead atoms. The maximum absolute atomic E-state index is 12.8. The fraction of sp³-hybridized carbons (Fsp3) is 0.304. The van der Waals surface area contributed by atoms with Gasteiger partial charge in [0.15, 0.2) is 11.5 Å². The van der Waals surface area contributed by atoms with Crippen molar-refractivity contribution in [1.29, 1.82) is 0 Å². The van der Waals surface area contributed by atoms with Crippen LogP contribution in [0.15, 0.2) is 36.4 Å². The average molecular weight is 485 g/mol. The van der Waals surface area contributed by atoms with E-state index < -0.39 is 5.91 Å². The van der Waals surface area contributed by atoms with Crippen molar-refractivity contribution >= 4 is 34.0 Å². The molecule has 0 radical (unpaired) electrons. The fourth-order valence-electron chi connectivity index (χ4n) is 3.72. The predicted octanol–water partition coefficient (Wildman–Crippen LogP) is 3.35. The van der Waals surface area contributed by atoms with E-state index in [2.05, 4.69) is 15.5 Å². The van der Waals surface area contributed by atoms with Crippen molar-refractivity contribution in [2.75, 3.05) is 45.2 Å². The number of nitrogens with zero attached hydrogens (tertiary/aromatic N) is 3. The highest BCUT2D eigenvalue weighted by Crippen LogP contribution is 2.39. The van der Waals surface area contributed by atoms with Gasteiger partial charge in [-0.1, -0.05) is 11.3 Å². The van der Waals surface area contributed by atoms with Crippen LogP contribution in [0.2, 0.25) is 0 Å². The summed E-state index contributed by atoms with van der Waals surface area (Å²) in [6, 6.07) is 10.4. The van der Waals surface area contributed by atoms with Crippen molar-refractivity contribution in [3.8, 4) is 23.0 Å². The number of ether oxygens (including phenoxy) is 4. The summed E-state index contributed by atoms with van der Waals surface area (Å²) >= 11 is 1.25. The maximum atomic E-state index is 12.8. The van der Waals surface area contributed by atoms with Crippen LogP contribution in [0, 0.1) is 0 Å². The van der Waals surface area contributed by atoms with Crippen LogP contribution in [0.3, 0.4) is 0 Å². The SMILES string of the molecule is COc1ccc(N2C[C@H](c3nnc(NC(=O)c4cc(OC)c(OC)c(OC)c4)s3)CC2=O)cc1. The number of benzene rings is 2. The number of hydrogen-bond acceptors (Lipinski definition) is 9. The van der Waals surface area contributed by atoms with E-state index in [1.807, 2.05) is 24.3 Å². The highest BCUT2D eigenvalue weighted by atomic mass is 32.1. The van der Waals surface area contributed by atoms with Gasteiger partial charge in [-0.05, 0) is 36.4 Å². The molecule has 2 aromatic carbocycles. The van der Waals surface area contributed by atoms with Crippen molar-refractivity contribution in [3.05, 3.63) is 47.0 Å². The minimum atomic E-state index is -0.399. The molecule has 1 aliphatic rings. The van der Waals surface area contributed by atoms with Gasteiger partial charge >= 0.3 is 0 Å². The summed E-state index contributed by atoms with van der Waals surface area (Å²) in [7, 11) is 6.05. The van der Waals surface area contributed by atoms with Gasteiger partial charge in [-0.25, -0.2) is 0 Å². The van der Waals surface area contributed by atoms with Crippen LogP contribution in [0.5, 0.6) is 23.0 Å². The molecule has 10 nitrogen and oxygen atoms in total. The number of carbonyl (C=O) groups excluding carboxylic acids is 2. The second-order valence-corrected chi connectivity index (χ2v) is 8.43. The van der Waals surface area contributed by atoms with Gasteiger partial charge in [0.2, 0.25) is 16.8 Å². The summed E-state index contributed by atoms with van der Waals surface area (Å²) in [4.78, 5) is 27.2. The van der Waals surface area contributed by atoms with Crippen molar-refractivity contribution in [3.63, 3.8) is 0 Å². The molecule has 34 heavy (non-hydrogen) atoms. The number of anilines is 2. The van der Waals surface area contributed by atoms with E-state index in [9.17, 15) is 9.59 Å². The Bertz CT molecular complexity index is 1170. The van der Waals surface area contributed by atoms with E-state index >= 15 is 0 Å². The van der Waals surface area contributed by atoms with E-state index in [4.69, 9.17) is 18.9 Å². The third kappa shape index (κ3) is 4.60. The van der Waals surface area contributed by atoms with Crippen LogP contribution >= 0.6 is 11.3 Å². The highest BCUT2D eigenvalue weighted by molar-refractivity contribution is 7.15. The molecule has 1 saturated heterocycles. The third-order valence-electron chi connectivity index (χ3n) is 5.45. The zero-order valence-corrected chi connectivity index (χ0v) is 20.0. The van der Waals surface area contributed by atoms with Gasteiger partial charge in [0, 0.05) is 30.1 Å². The fourth-order valence-corrected chi connectivity index (χ4v) is 4.55. The molecule has 1 aliphatic heterocycles. The lowest BCUT2D eigenvalue weighted by atomic mass is 10.1. The summed E-state index contributed by atoms with van der Waals surface area (Å²) in [5.74, 6) is 1.35. The van der Waals surface area contributed by atoms with Crippen LogP contribution in [-0.2, 0) is 4.79 Å². The predicted molar refractivity (Wildman–Crippen MR) is 127 cm³/mol. The Morgan fingerprint density at radius 2 is 1.68 bits per heavy atom. The standard InChI is InChI=1S/C23H24N4O6S/c1-30-16-7-5-15(6-8-16)27-12-14(11-19(27)28)22-25-26-23(34-22)24-21(29)13-9-17(31-2)20(33-4)18(10-13)32-3/h5-10,14H,11-12H2,1-4H3,(H,24,26,29)/t14-/m1/s1. The van der Waals surface area contributed by atoms with E-state index in [-0.39, 0.29) is 11.8 Å². The molecule has 2 amide bonds. The summed E-state index contributed by atoms with van der Waals surface area (Å²) < 4.78 is 21.1. The Hall–Kier alpha value is -3.86. The molecule has 1 aromatic heterocycles. The first-order valence-electron chi connectivity index (χ1n) is 10.4. The van der Waals surface area contributed by atoms with Crippen molar-refractivity contribution in [1.82, 2.24) is 10.2 Å². The van der Waals surface area contributed by atoms with E-state index in [1.165, 1.54) is 32.7 Å². The zero-order valence-electron chi connectivity index (χ0n) is 19.2. The maximum Gasteiger partial charge on any atom is 0.257 e. The minimum Gasteiger partial charge on any atom is -0.497 e. The van der Waals surface area contributed by atoms with Crippen molar-refractivity contribution < 1.29 is 28.5 Å². The Kier molecular flexibility index (Phi) is 6.82. The van der Waals surface area contributed by atoms with Gasteiger partial charge in [-0.2, -0.15) is 0 Å². The molecule has 2 heterocycles. The Balaban J connectivity index is 1.46. The quantitative estimate of drug-likeness (QED) is 0.518. The van der Waals surface area contributed by atoms with Crippen LogP contribution in [0.1, 0.15) is 27.7 Å². The van der Waals surface area contributed by atoms with E-state index in [0.29, 0.717) is 45.9 Å². The first-order chi connectivity index (χ1) is 16.5. The lowest BCUT2D eigenvalue weighted by Crippen LogP contribution is -2.24. The Labute approximate surface area is 200 Å². The summed E-state index contributed by atoms with van der Waals surface area (Å²) in [6.07, 6.45) is 0.321. The molecule has 0 aliphatic carbocycles. The van der Waals surface area contributed by atoms with Gasteiger partial charge in [-0.3, -0.25) is 14.9 Å². The van der Waals surface area contributed by atoms with Crippen LogP contribution < -0.4 is 29.2 Å². The number of carbonyl (C=O) groups is 2. The van der Waals surface area contributed by atoms with E-state index in [0.717, 1.165) is 11.4 Å². The van der Waals surface area contributed by atoms with Gasteiger partial charge in [0.05, 0.1) is 28.4 Å². The summed E-state index contributed by atoms with van der Waals surface area (Å²) in [5.41, 5.74) is 1.11. The molecule has 1 atom stereocenters. The summed E-state index contributed by atoms with van der Waals surface area (Å²) in [5, 5.41) is 12.1. The number of hydrogen-bond donors (Lipinski definition) is 1. The molecule has 0 spiro atoms. The normalized spacial score (nSPS) is 15.2. The van der Waals surface area contributed by atoms with Gasteiger partial charge in [0.1, 0.15) is 10.8 Å². The number of methoxy groups -OCH3 is 4. The molecule has 178 valence electrons. The molecule has 0 saturated carbocycles. The largest absolute Gasteiger partial charge is 0.497 e. The Morgan fingerprint density at radius 1 is 1.00 bits per heavy atom. The number of amides is 2. The van der Waals surface area contributed by atoms with E-state index in [1.54, 1.807) is 24.1 Å². The third-order valence-corrected chi connectivity index (χ3v) is 6.45.